The Kier molecular flexibility index (Phi) is 2.99. The summed E-state index contributed by atoms with van der Waals surface area (Å²) >= 11 is 0. The fourth-order valence-corrected chi connectivity index (χ4v) is 1.17. The first-order valence-corrected chi connectivity index (χ1v) is 3.71. The van der Waals surface area contributed by atoms with E-state index in [0.717, 1.165) is 0 Å². The second kappa shape index (κ2) is 3.65. The fraction of sp³-hybridized carbons (Fsp3) is 1.00. The van der Waals surface area contributed by atoms with Crippen molar-refractivity contribution in [2.45, 2.75) is 30.6 Å². The molecular formula is C6H14N2O4. The smallest absolute Gasteiger partial charge is 0.171 e. The van der Waals surface area contributed by atoms with E-state index in [1.807, 2.05) is 0 Å². The second-order valence-corrected chi connectivity index (χ2v) is 2.89. The lowest BCUT2D eigenvalue weighted by atomic mass is 9.96. The summed E-state index contributed by atoms with van der Waals surface area (Å²) in [5.41, 5.74) is 10.8. The van der Waals surface area contributed by atoms with Crippen molar-refractivity contribution in [3.05, 3.63) is 0 Å². The van der Waals surface area contributed by atoms with Gasteiger partial charge in [-0.1, -0.05) is 0 Å². The average Bonchev–Trinajstić information content (AvgIpc) is 2.08. The van der Waals surface area contributed by atoms with Crippen LogP contribution in [0.2, 0.25) is 0 Å². The molecule has 12 heavy (non-hydrogen) atoms. The molecule has 6 heteroatoms. The van der Waals surface area contributed by atoms with Crippen molar-refractivity contribution in [2.75, 3.05) is 6.61 Å². The molecule has 1 fully saturated rings. The molecule has 72 valence electrons. The van der Waals surface area contributed by atoms with E-state index in [9.17, 15) is 5.11 Å². The molecule has 5 unspecified atom stereocenters. The van der Waals surface area contributed by atoms with Gasteiger partial charge in [0.2, 0.25) is 0 Å². The monoisotopic (exact) mass is 178 g/mol. The molecule has 0 aromatic carbocycles. The maximum Gasteiger partial charge on any atom is 0.171 e. The molecule has 0 aromatic rings. The highest BCUT2D eigenvalue weighted by Crippen LogP contribution is 2.16. The number of ether oxygens (including phenoxy) is 1. The predicted octanol–water partition coefficient (Wildman–Crippen LogP) is -3.29. The van der Waals surface area contributed by atoms with Crippen LogP contribution in [-0.2, 0) is 4.74 Å². The van der Waals surface area contributed by atoms with Gasteiger partial charge in [0.05, 0.1) is 24.8 Å². The predicted molar refractivity (Wildman–Crippen MR) is 39.9 cm³/mol. The molecular weight excluding hydrogens is 164 g/mol. The van der Waals surface area contributed by atoms with E-state index < -0.39 is 37.2 Å². The first kappa shape index (κ1) is 9.85. The summed E-state index contributed by atoms with van der Waals surface area (Å²) in [6.45, 7) is -0.390. The van der Waals surface area contributed by atoms with E-state index in [0.29, 0.717) is 0 Å². The molecule has 0 radical (unpaired) electrons. The lowest BCUT2D eigenvalue weighted by molar-refractivity contribution is -0.221. The highest BCUT2D eigenvalue weighted by Gasteiger charge is 2.40. The van der Waals surface area contributed by atoms with Crippen LogP contribution in [0.25, 0.3) is 0 Å². The van der Waals surface area contributed by atoms with E-state index in [-0.39, 0.29) is 0 Å². The van der Waals surface area contributed by atoms with Crippen LogP contribution in [0.4, 0.5) is 0 Å². The number of hydrogen-bond donors (Lipinski definition) is 5. The number of rotatable bonds is 1. The first-order chi connectivity index (χ1) is 5.57. The minimum absolute atomic E-state index is 0.390. The van der Waals surface area contributed by atoms with Crippen LogP contribution in [0.1, 0.15) is 0 Å². The Hall–Kier alpha value is -0.240. The summed E-state index contributed by atoms with van der Waals surface area (Å²) in [4.78, 5) is 0. The average molecular weight is 178 g/mol. The molecule has 1 aliphatic rings. The molecule has 0 amide bonds. The Labute approximate surface area is 69.7 Å². The van der Waals surface area contributed by atoms with Gasteiger partial charge in [-0.25, -0.2) is 0 Å². The minimum Gasteiger partial charge on any atom is -0.394 e. The quantitative estimate of drug-likeness (QED) is 0.287. The molecule has 0 aromatic heterocycles. The molecule has 6 nitrogen and oxygen atoms in total. The van der Waals surface area contributed by atoms with Crippen molar-refractivity contribution >= 4 is 0 Å². The lowest BCUT2D eigenvalue weighted by Crippen LogP contribution is -2.65. The van der Waals surface area contributed by atoms with E-state index in [1.54, 1.807) is 0 Å². The van der Waals surface area contributed by atoms with Gasteiger partial charge in [0.25, 0.3) is 0 Å². The van der Waals surface area contributed by atoms with Crippen LogP contribution in [0, 0.1) is 0 Å². The highest BCUT2D eigenvalue weighted by molar-refractivity contribution is 4.93. The van der Waals surface area contributed by atoms with Gasteiger partial charge in [0, 0.05) is 0 Å². The summed E-state index contributed by atoms with van der Waals surface area (Å²) in [6.07, 6.45) is -3.11. The lowest BCUT2D eigenvalue weighted by Gasteiger charge is -2.38. The second-order valence-electron chi connectivity index (χ2n) is 2.89. The third-order valence-corrected chi connectivity index (χ3v) is 2.04. The Balaban J connectivity index is 2.63. The third-order valence-electron chi connectivity index (χ3n) is 2.04. The van der Waals surface area contributed by atoms with Crippen molar-refractivity contribution in [2.24, 2.45) is 11.5 Å². The van der Waals surface area contributed by atoms with Crippen LogP contribution in [0.3, 0.4) is 0 Å². The first-order valence-electron chi connectivity index (χ1n) is 3.71. The maximum atomic E-state index is 9.32. The van der Waals surface area contributed by atoms with Gasteiger partial charge in [-0.05, 0) is 0 Å². The zero-order valence-corrected chi connectivity index (χ0v) is 6.50. The van der Waals surface area contributed by atoms with Crippen molar-refractivity contribution in [3.8, 4) is 0 Å². The van der Waals surface area contributed by atoms with Gasteiger partial charge in [-0.2, -0.15) is 0 Å². The normalized spacial score (nSPS) is 49.2. The summed E-state index contributed by atoms with van der Waals surface area (Å²) in [5.74, 6) is 0. The summed E-state index contributed by atoms with van der Waals surface area (Å²) < 4.78 is 4.78. The summed E-state index contributed by atoms with van der Waals surface area (Å²) in [7, 11) is 0. The fourth-order valence-electron chi connectivity index (χ4n) is 1.17. The van der Waals surface area contributed by atoms with Crippen LogP contribution < -0.4 is 11.5 Å². The zero-order valence-electron chi connectivity index (χ0n) is 6.50. The molecule has 0 bridgehead atoms. The van der Waals surface area contributed by atoms with Crippen LogP contribution >= 0.6 is 0 Å². The van der Waals surface area contributed by atoms with Crippen LogP contribution in [0.15, 0.2) is 0 Å². The molecule has 5 atom stereocenters. The summed E-state index contributed by atoms with van der Waals surface area (Å²) in [6, 6.07) is -1.59. The molecule has 0 saturated carbocycles. The zero-order chi connectivity index (χ0) is 9.30. The minimum atomic E-state index is -1.22. The maximum absolute atomic E-state index is 9.32. The van der Waals surface area contributed by atoms with Gasteiger partial charge >= 0.3 is 0 Å². The van der Waals surface area contributed by atoms with E-state index >= 15 is 0 Å². The topological polar surface area (TPSA) is 122 Å². The standard InChI is InChI=1S/C6H14N2O4/c7-3-4(8)6(11)12-2(1-9)5(3)10/h2-6,9-11H,1,7-8H2. The molecule has 1 heterocycles. The SMILES string of the molecule is NC1C(O)OC(CO)C(O)C1N. The summed E-state index contributed by atoms with van der Waals surface area (Å²) in [5, 5.41) is 27.1. The van der Waals surface area contributed by atoms with Crippen molar-refractivity contribution < 1.29 is 20.1 Å². The number of aliphatic hydroxyl groups excluding tert-OH is 3. The largest absolute Gasteiger partial charge is 0.394 e. The molecule has 1 rings (SSSR count). The number of aliphatic hydroxyl groups is 3. The molecule has 0 spiro atoms. The van der Waals surface area contributed by atoms with Crippen LogP contribution in [0.5, 0.6) is 0 Å². The molecule has 7 N–H and O–H groups in total. The van der Waals surface area contributed by atoms with Crippen molar-refractivity contribution in [3.63, 3.8) is 0 Å². The van der Waals surface area contributed by atoms with Gasteiger partial charge in [-0.15, -0.1) is 0 Å². The molecule has 0 aliphatic carbocycles. The van der Waals surface area contributed by atoms with Crippen molar-refractivity contribution in [1.29, 1.82) is 0 Å². The Morgan fingerprint density at radius 1 is 1.17 bits per heavy atom. The highest BCUT2D eigenvalue weighted by atomic mass is 16.6. The number of nitrogens with two attached hydrogens (primary N) is 2. The van der Waals surface area contributed by atoms with E-state index in [1.165, 1.54) is 0 Å². The van der Waals surface area contributed by atoms with Gasteiger partial charge in [0.1, 0.15) is 6.10 Å². The van der Waals surface area contributed by atoms with Crippen molar-refractivity contribution in [1.82, 2.24) is 0 Å². The van der Waals surface area contributed by atoms with Gasteiger partial charge in [-0.3, -0.25) is 0 Å². The third kappa shape index (κ3) is 1.58. The number of hydrogen-bond acceptors (Lipinski definition) is 6. The Morgan fingerprint density at radius 2 is 1.75 bits per heavy atom. The van der Waals surface area contributed by atoms with E-state index in [2.05, 4.69) is 0 Å². The molecule has 1 saturated heterocycles. The van der Waals surface area contributed by atoms with Crippen LogP contribution in [-0.4, -0.2) is 52.5 Å². The molecule has 1 aliphatic heterocycles. The van der Waals surface area contributed by atoms with Gasteiger partial charge < -0.3 is 31.5 Å². The van der Waals surface area contributed by atoms with E-state index in [4.69, 9.17) is 26.4 Å². The van der Waals surface area contributed by atoms with Gasteiger partial charge in [0.15, 0.2) is 6.29 Å². The Bertz CT molecular complexity index is 152. The Morgan fingerprint density at radius 3 is 2.25 bits per heavy atom.